The van der Waals surface area contributed by atoms with Crippen molar-refractivity contribution in [2.75, 3.05) is 29.7 Å². The predicted octanol–water partition coefficient (Wildman–Crippen LogP) is 0.940. The van der Waals surface area contributed by atoms with Crippen LogP contribution < -0.4 is 11.3 Å². The fourth-order valence-corrected chi connectivity index (χ4v) is 5.17. The van der Waals surface area contributed by atoms with Gasteiger partial charge < -0.3 is 5.43 Å². The molecule has 1 fully saturated rings. The van der Waals surface area contributed by atoms with E-state index in [1.165, 1.54) is 6.26 Å². The molecule has 6 nitrogen and oxygen atoms in total. The molecule has 1 aromatic rings. The lowest BCUT2D eigenvalue weighted by atomic mass is 10.3. The summed E-state index contributed by atoms with van der Waals surface area (Å²) in [7, 11) is -3.13. The number of nitrogens with zero attached hydrogens (tertiary/aromatic N) is 2. The smallest absolute Gasteiger partial charge is 0.164 e. The van der Waals surface area contributed by atoms with Gasteiger partial charge in [-0.1, -0.05) is 11.6 Å². The van der Waals surface area contributed by atoms with Crippen LogP contribution in [0.15, 0.2) is 12.1 Å². The lowest BCUT2D eigenvalue weighted by Gasteiger charge is -2.33. The molecule has 0 aliphatic carbocycles. The predicted molar refractivity (Wildman–Crippen MR) is 83.4 cm³/mol. The van der Waals surface area contributed by atoms with E-state index in [0.717, 1.165) is 5.75 Å². The third-order valence-electron chi connectivity index (χ3n) is 3.10. The summed E-state index contributed by atoms with van der Waals surface area (Å²) in [5.74, 6) is 7.31. The number of hydrazine groups is 1. The molecule has 1 aliphatic rings. The molecule has 0 aromatic carbocycles. The van der Waals surface area contributed by atoms with Crippen LogP contribution in [0.2, 0.25) is 5.02 Å². The van der Waals surface area contributed by atoms with Crippen molar-refractivity contribution < 1.29 is 8.42 Å². The van der Waals surface area contributed by atoms with Gasteiger partial charge in [0.2, 0.25) is 0 Å². The average Bonchev–Trinajstić information content (AvgIpc) is 2.41. The number of hydrogen-bond donors (Lipinski definition) is 2. The molecule has 1 aromatic heterocycles. The Bertz CT molecular complexity index is 582. The summed E-state index contributed by atoms with van der Waals surface area (Å²) < 4.78 is 23.7. The average molecular weight is 337 g/mol. The first kappa shape index (κ1) is 15.8. The van der Waals surface area contributed by atoms with Crippen molar-refractivity contribution in [3.63, 3.8) is 0 Å². The zero-order valence-electron chi connectivity index (χ0n) is 11.0. The van der Waals surface area contributed by atoms with Crippen molar-refractivity contribution in [1.82, 2.24) is 9.88 Å². The molecule has 20 heavy (non-hydrogen) atoms. The summed E-state index contributed by atoms with van der Waals surface area (Å²) in [4.78, 5) is 6.19. The molecule has 1 aliphatic heterocycles. The topological polar surface area (TPSA) is 88.3 Å². The highest BCUT2D eigenvalue weighted by Gasteiger charge is 2.31. The van der Waals surface area contributed by atoms with Crippen LogP contribution in [0.25, 0.3) is 0 Å². The van der Waals surface area contributed by atoms with Crippen LogP contribution >= 0.6 is 23.4 Å². The van der Waals surface area contributed by atoms with E-state index in [4.69, 9.17) is 17.4 Å². The third kappa shape index (κ3) is 3.76. The Kier molecular flexibility index (Phi) is 5.14. The first-order valence-corrected chi connectivity index (χ1v) is 9.53. The lowest BCUT2D eigenvalue weighted by Crippen LogP contribution is -2.46. The molecule has 2 rings (SSSR count). The molecule has 1 atom stereocenters. The number of hydrogen-bond acceptors (Lipinski definition) is 7. The van der Waals surface area contributed by atoms with E-state index in [1.807, 2.05) is 4.90 Å². The number of nitrogen functional groups attached to an aromatic ring is 1. The van der Waals surface area contributed by atoms with Gasteiger partial charge in [0.05, 0.1) is 10.7 Å². The van der Waals surface area contributed by atoms with Crippen LogP contribution in [0.4, 0.5) is 5.82 Å². The Balaban J connectivity index is 2.23. The standard InChI is InChI=1S/C11H17ClN4O2S2/c1-20(17,18)11-7-19-5-4-16(11)6-9-8(12)2-3-10(14-9)15-13/h2-3,11H,4-7,13H2,1H3,(H,14,15). The van der Waals surface area contributed by atoms with Crippen LogP contribution in [-0.2, 0) is 16.4 Å². The Hall–Kier alpha value is -0.540. The van der Waals surface area contributed by atoms with Gasteiger partial charge in [0.15, 0.2) is 9.84 Å². The minimum absolute atomic E-state index is 0.395. The number of pyridine rings is 1. The minimum Gasteiger partial charge on any atom is -0.308 e. The number of nitrogens with one attached hydrogen (secondary N) is 1. The summed E-state index contributed by atoms with van der Waals surface area (Å²) >= 11 is 7.77. The van der Waals surface area contributed by atoms with Gasteiger partial charge in [-0.3, -0.25) is 4.90 Å². The Morgan fingerprint density at radius 1 is 1.60 bits per heavy atom. The number of anilines is 1. The summed E-state index contributed by atoms with van der Waals surface area (Å²) in [6.45, 7) is 1.09. The summed E-state index contributed by atoms with van der Waals surface area (Å²) in [6, 6.07) is 3.37. The van der Waals surface area contributed by atoms with Gasteiger partial charge in [-0.05, 0) is 12.1 Å². The molecule has 1 saturated heterocycles. The van der Waals surface area contributed by atoms with Gasteiger partial charge in [-0.2, -0.15) is 11.8 Å². The highest BCUT2D eigenvalue weighted by Crippen LogP contribution is 2.25. The molecule has 3 N–H and O–H groups in total. The molecule has 0 amide bonds. The summed E-state index contributed by atoms with van der Waals surface area (Å²) in [5, 5.41) is 0.0167. The van der Waals surface area contributed by atoms with E-state index < -0.39 is 15.2 Å². The Morgan fingerprint density at radius 2 is 2.35 bits per heavy atom. The lowest BCUT2D eigenvalue weighted by molar-refractivity contribution is 0.259. The number of rotatable bonds is 4. The molecular formula is C11H17ClN4O2S2. The first-order chi connectivity index (χ1) is 9.41. The largest absolute Gasteiger partial charge is 0.308 e. The van der Waals surface area contributed by atoms with Gasteiger partial charge in [-0.15, -0.1) is 0 Å². The second-order valence-electron chi connectivity index (χ2n) is 4.60. The number of nitrogens with two attached hydrogens (primary N) is 1. The fraction of sp³-hybridized carbons (Fsp3) is 0.545. The van der Waals surface area contributed by atoms with E-state index in [9.17, 15) is 8.42 Å². The van der Waals surface area contributed by atoms with Crippen LogP contribution in [0.1, 0.15) is 5.69 Å². The van der Waals surface area contributed by atoms with Crippen molar-refractivity contribution in [2.24, 2.45) is 5.84 Å². The zero-order valence-corrected chi connectivity index (χ0v) is 13.4. The SMILES string of the molecule is CS(=O)(=O)C1CSCCN1Cc1nc(NN)ccc1Cl. The molecule has 2 heterocycles. The highest BCUT2D eigenvalue weighted by atomic mass is 35.5. The quantitative estimate of drug-likeness (QED) is 0.625. The maximum Gasteiger partial charge on any atom is 0.164 e. The van der Waals surface area contributed by atoms with Crippen molar-refractivity contribution >= 4 is 39.0 Å². The highest BCUT2D eigenvalue weighted by molar-refractivity contribution is 8.00. The van der Waals surface area contributed by atoms with Gasteiger partial charge in [-0.25, -0.2) is 19.2 Å². The molecule has 0 radical (unpaired) electrons. The molecule has 0 spiro atoms. The van der Waals surface area contributed by atoms with E-state index in [-0.39, 0.29) is 0 Å². The van der Waals surface area contributed by atoms with Gasteiger partial charge in [0, 0.05) is 30.9 Å². The molecule has 1 unspecified atom stereocenters. The number of thioether (sulfide) groups is 1. The number of halogens is 1. The second-order valence-corrected chi connectivity index (χ2v) is 8.36. The first-order valence-electron chi connectivity index (χ1n) is 6.04. The van der Waals surface area contributed by atoms with Gasteiger partial charge in [0.1, 0.15) is 11.2 Å². The molecule has 0 bridgehead atoms. The van der Waals surface area contributed by atoms with Crippen LogP contribution in [-0.4, -0.2) is 48.0 Å². The summed E-state index contributed by atoms with van der Waals surface area (Å²) in [5.41, 5.74) is 3.09. The number of aromatic nitrogens is 1. The van der Waals surface area contributed by atoms with Crippen LogP contribution in [0, 0.1) is 0 Å². The third-order valence-corrected chi connectivity index (χ3v) is 6.14. The monoisotopic (exact) mass is 336 g/mol. The van der Waals surface area contributed by atoms with Crippen LogP contribution in [0.3, 0.4) is 0 Å². The van der Waals surface area contributed by atoms with Crippen molar-refractivity contribution in [3.05, 3.63) is 22.8 Å². The second kappa shape index (κ2) is 6.48. The van der Waals surface area contributed by atoms with E-state index in [0.29, 0.717) is 35.4 Å². The maximum atomic E-state index is 11.9. The van der Waals surface area contributed by atoms with Crippen molar-refractivity contribution in [3.8, 4) is 0 Å². The minimum atomic E-state index is -3.13. The van der Waals surface area contributed by atoms with Crippen LogP contribution in [0.5, 0.6) is 0 Å². The van der Waals surface area contributed by atoms with Gasteiger partial charge in [0.25, 0.3) is 0 Å². The summed E-state index contributed by atoms with van der Waals surface area (Å²) in [6.07, 6.45) is 1.27. The zero-order chi connectivity index (χ0) is 14.8. The fourth-order valence-electron chi connectivity index (χ4n) is 2.06. The van der Waals surface area contributed by atoms with E-state index in [2.05, 4.69) is 10.4 Å². The molecular weight excluding hydrogens is 320 g/mol. The number of sulfone groups is 1. The Labute approximate surface area is 128 Å². The Morgan fingerprint density at radius 3 is 3.00 bits per heavy atom. The molecule has 0 saturated carbocycles. The molecule has 9 heteroatoms. The molecule has 112 valence electrons. The van der Waals surface area contributed by atoms with Crippen molar-refractivity contribution in [2.45, 2.75) is 11.9 Å². The van der Waals surface area contributed by atoms with E-state index >= 15 is 0 Å². The van der Waals surface area contributed by atoms with E-state index in [1.54, 1.807) is 23.9 Å². The maximum absolute atomic E-state index is 11.9. The normalized spacial score (nSPS) is 20.9. The van der Waals surface area contributed by atoms with Crippen molar-refractivity contribution in [1.29, 1.82) is 0 Å². The van der Waals surface area contributed by atoms with Gasteiger partial charge >= 0.3 is 0 Å².